The second-order valence-corrected chi connectivity index (χ2v) is 4.33. The minimum absolute atomic E-state index is 0.236. The van der Waals surface area contributed by atoms with Crippen molar-refractivity contribution in [1.82, 2.24) is 15.3 Å². The molecule has 0 aromatic carbocycles. The minimum Gasteiger partial charge on any atom is -0.478 e. The van der Waals surface area contributed by atoms with Gasteiger partial charge in [0.05, 0.1) is 6.61 Å². The lowest BCUT2D eigenvalue weighted by atomic mass is 9.95. The highest BCUT2D eigenvalue weighted by atomic mass is 35.5. The summed E-state index contributed by atoms with van der Waals surface area (Å²) < 4.78 is 5.53. The van der Waals surface area contributed by atoms with Crippen LogP contribution < -0.4 is 10.1 Å². The highest BCUT2D eigenvalue weighted by Gasteiger charge is 2.12. The second-order valence-electron chi connectivity index (χ2n) is 3.99. The second kappa shape index (κ2) is 6.01. The van der Waals surface area contributed by atoms with Gasteiger partial charge in [0.1, 0.15) is 0 Å². The number of hydrogen-bond donors (Lipinski definition) is 1. The van der Waals surface area contributed by atoms with Crippen LogP contribution in [0.4, 0.5) is 0 Å². The van der Waals surface area contributed by atoms with Gasteiger partial charge in [-0.25, -0.2) is 4.98 Å². The Kier molecular flexibility index (Phi) is 4.36. The van der Waals surface area contributed by atoms with Crippen LogP contribution in [0.5, 0.6) is 5.88 Å². The van der Waals surface area contributed by atoms with Crippen molar-refractivity contribution in [2.45, 2.75) is 19.3 Å². The van der Waals surface area contributed by atoms with Crippen LogP contribution in [0.2, 0.25) is 5.28 Å². The molecule has 0 bridgehead atoms. The van der Waals surface area contributed by atoms with Crippen molar-refractivity contribution in [1.29, 1.82) is 0 Å². The quantitative estimate of drug-likeness (QED) is 0.818. The van der Waals surface area contributed by atoms with Gasteiger partial charge in [-0.1, -0.05) is 0 Å². The van der Waals surface area contributed by atoms with Crippen molar-refractivity contribution < 1.29 is 4.74 Å². The molecule has 1 saturated heterocycles. The van der Waals surface area contributed by atoms with E-state index in [1.54, 1.807) is 12.3 Å². The summed E-state index contributed by atoms with van der Waals surface area (Å²) in [6.07, 6.45) is 5.18. The van der Waals surface area contributed by atoms with Gasteiger partial charge in [0.25, 0.3) is 0 Å². The zero-order valence-corrected chi connectivity index (χ0v) is 9.91. The van der Waals surface area contributed by atoms with E-state index in [0.29, 0.717) is 12.5 Å². The van der Waals surface area contributed by atoms with Gasteiger partial charge in [-0.15, -0.1) is 0 Å². The molecule has 1 N–H and O–H groups in total. The smallest absolute Gasteiger partial charge is 0.225 e. The zero-order chi connectivity index (χ0) is 11.2. The molecule has 0 amide bonds. The van der Waals surface area contributed by atoms with Gasteiger partial charge in [-0.3, -0.25) is 0 Å². The number of ether oxygens (including phenoxy) is 1. The van der Waals surface area contributed by atoms with Crippen LogP contribution >= 0.6 is 11.6 Å². The standard InChI is InChI=1S/C11H16ClN3O/c12-11-14-7-3-10(15-11)16-8-4-9-1-5-13-6-2-9/h3,7,9,13H,1-2,4-6,8H2. The number of aromatic nitrogens is 2. The first-order valence-electron chi connectivity index (χ1n) is 5.66. The van der Waals surface area contributed by atoms with Crippen molar-refractivity contribution in [3.8, 4) is 5.88 Å². The molecular weight excluding hydrogens is 226 g/mol. The van der Waals surface area contributed by atoms with Crippen molar-refractivity contribution in [2.75, 3.05) is 19.7 Å². The van der Waals surface area contributed by atoms with E-state index in [-0.39, 0.29) is 5.28 Å². The maximum Gasteiger partial charge on any atom is 0.225 e. The van der Waals surface area contributed by atoms with Crippen molar-refractivity contribution in [2.24, 2.45) is 5.92 Å². The Balaban J connectivity index is 1.71. The molecule has 1 fully saturated rings. The number of hydrogen-bond acceptors (Lipinski definition) is 4. The van der Waals surface area contributed by atoms with Crippen LogP contribution in [-0.4, -0.2) is 29.7 Å². The van der Waals surface area contributed by atoms with E-state index in [1.165, 1.54) is 12.8 Å². The number of rotatable bonds is 4. The van der Waals surface area contributed by atoms with Gasteiger partial charge in [0.15, 0.2) is 0 Å². The molecule has 4 nitrogen and oxygen atoms in total. The normalized spacial score (nSPS) is 17.3. The van der Waals surface area contributed by atoms with E-state index in [0.717, 1.165) is 25.4 Å². The van der Waals surface area contributed by atoms with E-state index in [9.17, 15) is 0 Å². The topological polar surface area (TPSA) is 47.0 Å². The molecule has 5 heteroatoms. The molecule has 0 radical (unpaired) electrons. The molecule has 1 aliphatic heterocycles. The van der Waals surface area contributed by atoms with Crippen molar-refractivity contribution in [3.05, 3.63) is 17.5 Å². The Morgan fingerprint density at radius 1 is 1.44 bits per heavy atom. The average Bonchev–Trinajstić information content (AvgIpc) is 2.30. The number of nitrogens with zero attached hydrogens (tertiary/aromatic N) is 2. The molecular formula is C11H16ClN3O. The number of nitrogens with one attached hydrogen (secondary N) is 1. The summed E-state index contributed by atoms with van der Waals surface area (Å²) in [7, 11) is 0. The van der Waals surface area contributed by atoms with E-state index < -0.39 is 0 Å². The highest BCUT2D eigenvalue weighted by Crippen LogP contribution is 2.16. The van der Waals surface area contributed by atoms with Crippen molar-refractivity contribution >= 4 is 11.6 Å². The fourth-order valence-electron chi connectivity index (χ4n) is 1.90. The Morgan fingerprint density at radius 3 is 3.00 bits per heavy atom. The molecule has 1 aliphatic rings. The van der Waals surface area contributed by atoms with E-state index in [4.69, 9.17) is 16.3 Å². The predicted octanol–water partition coefficient (Wildman–Crippen LogP) is 1.90. The molecule has 0 unspecified atom stereocenters. The Morgan fingerprint density at radius 2 is 2.25 bits per heavy atom. The lowest BCUT2D eigenvalue weighted by molar-refractivity contribution is 0.245. The molecule has 0 aliphatic carbocycles. The molecule has 88 valence electrons. The summed E-state index contributed by atoms with van der Waals surface area (Å²) in [4.78, 5) is 7.78. The van der Waals surface area contributed by atoms with Crippen LogP contribution in [0.25, 0.3) is 0 Å². The Hall–Kier alpha value is -0.870. The van der Waals surface area contributed by atoms with Gasteiger partial charge in [0.2, 0.25) is 11.2 Å². The van der Waals surface area contributed by atoms with Crippen LogP contribution in [0, 0.1) is 5.92 Å². The van der Waals surface area contributed by atoms with Crippen LogP contribution in [-0.2, 0) is 0 Å². The summed E-state index contributed by atoms with van der Waals surface area (Å²) in [5.41, 5.74) is 0. The van der Waals surface area contributed by atoms with Crippen LogP contribution in [0.1, 0.15) is 19.3 Å². The van der Waals surface area contributed by atoms with Gasteiger partial charge in [-0.05, 0) is 49.9 Å². The summed E-state index contributed by atoms with van der Waals surface area (Å²) in [5, 5.41) is 3.59. The SMILES string of the molecule is Clc1nccc(OCCC2CCNCC2)n1. The molecule has 16 heavy (non-hydrogen) atoms. The Bertz CT molecular complexity index is 329. The molecule has 0 atom stereocenters. The minimum atomic E-state index is 0.236. The lowest BCUT2D eigenvalue weighted by Gasteiger charge is -2.22. The first-order valence-corrected chi connectivity index (χ1v) is 6.04. The maximum absolute atomic E-state index is 5.66. The summed E-state index contributed by atoms with van der Waals surface area (Å²) in [5.74, 6) is 1.34. The third-order valence-electron chi connectivity index (χ3n) is 2.84. The fraction of sp³-hybridized carbons (Fsp3) is 0.636. The fourth-order valence-corrected chi connectivity index (χ4v) is 2.04. The summed E-state index contributed by atoms with van der Waals surface area (Å²) >= 11 is 5.66. The first-order chi connectivity index (χ1) is 7.84. The third kappa shape index (κ3) is 3.61. The van der Waals surface area contributed by atoms with Gasteiger partial charge >= 0.3 is 0 Å². The van der Waals surface area contributed by atoms with Gasteiger partial charge < -0.3 is 10.1 Å². The average molecular weight is 242 g/mol. The summed E-state index contributed by atoms with van der Waals surface area (Å²) in [6, 6.07) is 1.73. The third-order valence-corrected chi connectivity index (χ3v) is 3.02. The van der Waals surface area contributed by atoms with Crippen LogP contribution in [0.3, 0.4) is 0 Å². The van der Waals surface area contributed by atoms with Gasteiger partial charge in [0, 0.05) is 12.3 Å². The predicted molar refractivity (Wildman–Crippen MR) is 62.7 cm³/mol. The highest BCUT2D eigenvalue weighted by molar-refractivity contribution is 6.28. The number of piperidine rings is 1. The molecule has 1 aromatic heterocycles. The van der Waals surface area contributed by atoms with E-state index >= 15 is 0 Å². The maximum atomic E-state index is 5.66. The zero-order valence-electron chi connectivity index (χ0n) is 9.16. The van der Waals surface area contributed by atoms with Crippen LogP contribution in [0.15, 0.2) is 12.3 Å². The largest absolute Gasteiger partial charge is 0.478 e. The molecule has 0 saturated carbocycles. The van der Waals surface area contributed by atoms with Crippen molar-refractivity contribution in [3.63, 3.8) is 0 Å². The van der Waals surface area contributed by atoms with E-state index in [1.807, 2.05) is 0 Å². The van der Waals surface area contributed by atoms with E-state index in [2.05, 4.69) is 15.3 Å². The Labute approximate surface area is 100 Å². The lowest BCUT2D eigenvalue weighted by Crippen LogP contribution is -2.28. The number of halogens is 1. The molecule has 1 aromatic rings. The summed E-state index contributed by atoms with van der Waals surface area (Å²) in [6.45, 7) is 2.96. The monoisotopic (exact) mass is 241 g/mol. The molecule has 0 spiro atoms. The molecule has 2 heterocycles. The van der Waals surface area contributed by atoms with Gasteiger partial charge in [-0.2, -0.15) is 4.98 Å². The molecule has 2 rings (SSSR count). The first kappa shape index (κ1) is 11.6.